The van der Waals surface area contributed by atoms with Crippen LogP contribution in [0.1, 0.15) is 25.0 Å². The van der Waals surface area contributed by atoms with Crippen molar-refractivity contribution in [3.05, 3.63) is 205 Å². The van der Waals surface area contributed by atoms with Gasteiger partial charge in [0.1, 0.15) is 0 Å². The molecule has 0 saturated heterocycles. The Hall–Kier alpha value is -6.90. The van der Waals surface area contributed by atoms with Gasteiger partial charge in [-0.05, 0) is 78.5 Å². The van der Waals surface area contributed by atoms with Crippen molar-refractivity contribution in [2.24, 2.45) is 0 Å². The molecular formula is C53H38N2. The number of hydrogen-bond acceptors (Lipinski definition) is 2. The van der Waals surface area contributed by atoms with Crippen LogP contribution in [0.2, 0.25) is 0 Å². The molecule has 0 fully saturated rings. The van der Waals surface area contributed by atoms with Crippen LogP contribution in [0.5, 0.6) is 0 Å². The highest BCUT2D eigenvalue weighted by Gasteiger charge is 2.36. The summed E-state index contributed by atoms with van der Waals surface area (Å²) in [7, 11) is 0. The molecule has 2 nitrogen and oxygen atoms in total. The summed E-state index contributed by atoms with van der Waals surface area (Å²) in [5.41, 5.74) is 17.6. The Kier molecular flexibility index (Phi) is 7.85. The molecule has 9 aromatic rings. The highest BCUT2D eigenvalue weighted by molar-refractivity contribution is 6.05. The molecule has 1 aliphatic carbocycles. The van der Waals surface area contributed by atoms with E-state index in [-0.39, 0.29) is 5.41 Å². The SMILES string of the molecule is CC1(C)c2ccccc2-c2c(-c3ccc(-c4ccc(-c5cc(-c6cccc(-c7ccccc7)c6)nc(-c6ccccc6)n5)c5ccccc45)cc3)cccc21. The van der Waals surface area contributed by atoms with E-state index in [1.807, 2.05) is 18.2 Å². The monoisotopic (exact) mass is 702 g/mol. The van der Waals surface area contributed by atoms with Gasteiger partial charge < -0.3 is 0 Å². The van der Waals surface area contributed by atoms with E-state index in [0.717, 1.165) is 39.0 Å². The molecule has 2 heteroatoms. The zero-order valence-corrected chi connectivity index (χ0v) is 30.9. The summed E-state index contributed by atoms with van der Waals surface area (Å²) >= 11 is 0. The molecule has 0 aliphatic heterocycles. The maximum absolute atomic E-state index is 5.22. The third-order valence-corrected chi connectivity index (χ3v) is 11.3. The Morgan fingerprint density at radius 1 is 0.327 bits per heavy atom. The highest BCUT2D eigenvalue weighted by atomic mass is 14.9. The summed E-state index contributed by atoms with van der Waals surface area (Å²) in [5.74, 6) is 0.709. The van der Waals surface area contributed by atoms with Crippen LogP contribution in [0.25, 0.3) is 89.2 Å². The van der Waals surface area contributed by atoms with Crippen molar-refractivity contribution in [2.45, 2.75) is 19.3 Å². The van der Waals surface area contributed by atoms with Gasteiger partial charge in [-0.15, -0.1) is 0 Å². The van der Waals surface area contributed by atoms with Gasteiger partial charge in [-0.2, -0.15) is 0 Å². The van der Waals surface area contributed by atoms with Gasteiger partial charge in [-0.1, -0.05) is 196 Å². The lowest BCUT2D eigenvalue weighted by molar-refractivity contribution is 0.660. The Bertz CT molecular complexity index is 2870. The number of benzene rings is 8. The van der Waals surface area contributed by atoms with Gasteiger partial charge in [0.2, 0.25) is 0 Å². The second-order valence-electron chi connectivity index (χ2n) is 15.0. The van der Waals surface area contributed by atoms with Gasteiger partial charge in [0.05, 0.1) is 11.4 Å². The highest BCUT2D eigenvalue weighted by Crippen LogP contribution is 2.52. The lowest BCUT2D eigenvalue weighted by atomic mass is 9.82. The average Bonchev–Trinajstić information content (AvgIpc) is 3.50. The molecule has 0 radical (unpaired) electrons. The second kappa shape index (κ2) is 13.2. The quantitative estimate of drug-likeness (QED) is 0.172. The minimum atomic E-state index is -0.0268. The summed E-state index contributed by atoms with van der Waals surface area (Å²) in [6.07, 6.45) is 0. The number of nitrogens with zero attached hydrogens (tertiary/aromatic N) is 2. The van der Waals surface area contributed by atoms with Crippen LogP contribution < -0.4 is 0 Å². The smallest absolute Gasteiger partial charge is 0.160 e. The first kappa shape index (κ1) is 32.7. The summed E-state index contributed by atoms with van der Waals surface area (Å²) in [4.78, 5) is 10.4. The van der Waals surface area contributed by atoms with Crippen molar-refractivity contribution < 1.29 is 0 Å². The molecule has 8 aromatic carbocycles. The first-order valence-electron chi connectivity index (χ1n) is 19.0. The first-order valence-corrected chi connectivity index (χ1v) is 19.0. The van der Waals surface area contributed by atoms with E-state index in [1.54, 1.807) is 0 Å². The third kappa shape index (κ3) is 5.66. The summed E-state index contributed by atoms with van der Waals surface area (Å²) in [5, 5.41) is 2.35. The van der Waals surface area contributed by atoms with Crippen LogP contribution in [-0.2, 0) is 5.41 Å². The number of fused-ring (bicyclic) bond motifs is 4. The van der Waals surface area contributed by atoms with Gasteiger partial charge in [0, 0.05) is 22.1 Å². The molecule has 1 aliphatic rings. The second-order valence-corrected chi connectivity index (χ2v) is 15.0. The van der Waals surface area contributed by atoms with E-state index in [9.17, 15) is 0 Å². The average molecular weight is 703 g/mol. The predicted octanol–water partition coefficient (Wildman–Crippen LogP) is 13.9. The van der Waals surface area contributed by atoms with Crippen molar-refractivity contribution in [3.63, 3.8) is 0 Å². The summed E-state index contributed by atoms with van der Waals surface area (Å²) < 4.78 is 0. The summed E-state index contributed by atoms with van der Waals surface area (Å²) in [6, 6.07) is 69.5. The maximum atomic E-state index is 5.22. The number of aromatic nitrogens is 2. The van der Waals surface area contributed by atoms with E-state index in [1.165, 1.54) is 55.5 Å². The molecule has 1 heterocycles. The fourth-order valence-corrected chi connectivity index (χ4v) is 8.54. The van der Waals surface area contributed by atoms with E-state index in [4.69, 9.17) is 9.97 Å². The molecular weight excluding hydrogens is 665 g/mol. The number of rotatable bonds is 6. The van der Waals surface area contributed by atoms with Gasteiger partial charge in [0.25, 0.3) is 0 Å². The number of hydrogen-bond donors (Lipinski definition) is 0. The van der Waals surface area contributed by atoms with Crippen molar-refractivity contribution in [2.75, 3.05) is 0 Å². The van der Waals surface area contributed by atoms with E-state index < -0.39 is 0 Å². The first-order chi connectivity index (χ1) is 27.0. The lowest BCUT2D eigenvalue weighted by Gasteiger charge is -2.21. The Balaban J connectivity index is 1.07. The van der Waals surface area contributed by atoms with Gasteiger partial charge in [-0.25, -0.2) is 9.97 Å². The van der Waals surface area contributed by atoms with Gasteiger partial charge in [-0.3, -0.25) is 0 Å². The molecule has 55 heavy (non-hydrogen) atoms. The lowest BCUT2D eigenvalue weighted by Crippen LogP contribution is -2.14. The molecule has 260 valence electrons. The predicted molar refractivity (Wildman–Crippen MR) is 230 cm³/mol. The normalized spacial score (nSPS) is 12.7. The fourth-order valence-electron chi connectivity index (χ4n) is 8.54. The Morgan fingerprint density at radius 2 is 0.855 bits per heavy atom. The van der Waals surface area contributed by atoms with Crippen LogP contribution >= 0.6 is 0 Å². The van der Waals surface area contributed by atoms with Gasteiger partial charge >= 0.3 is 0 Å². The van der Waals surface area contributed by atoms with Crippen LogP contribution in [0.3, 0.4) is 0 Å². The Labute approximate surface area is 322 Å². The summed E-state index contributed by atoms with van der Waals surface area (Å²) in [6.45, 7) is 4.68. The van der Waals surface area contributed by atoms with Crippen LogP contribution in [-0.4, -0.2) is 9.97 Å². The fraction of sp³-hybridized carbons (Fsp3) is 0.0566. The molecule has 0 saturated carbocycles. The molecule has 0 N–H and O–H groups in total. The van der Waals surface area contributed by atoms with Gasteiger partial charge in [0.15, 0.2) is 5.82 Å². The Morgan fingerprint density at radius 3 is 1.62 bits per heavy atom. The maximum Gasteiger partial charge on any atom is 0.160 e. The molecule has 0 unspecified atom stereocenters. The third-order valence-electron chi connectivity index (χ3n) is 11.3. The minimum absolute atomic E-state index is 0.0268. The largest absolute Gasteiger partial charge is 0.228 e. The van der Waals surface area contributed by atoms with Crippen molar-refractivity contribution in [1.29, 1.82) is 0 Å². The van der Waals surface area contributed by atoms with Crippen LogP contribution in [0, 0.1) is 0 Å². The molecule has 0 bridgehead atoms. The van der Waals surface area contributed by atoms with E-state index in [0.29, 0.717) is 5.82 Å². The topological polar surface area (TPSA) is 25.8 Å². The zero-order valence-electron chi connectivity index (χ0n) is 30.9. The van der Waals surface area contributed by atoms with Crippen LogP contribution in [0.15, 0.2) is 194 Å². The molecule has 0 spiro atoms. The molecule has 1 aromatic heterocycles. The van der Waals surface area contributed by atoms with E-state index >= 15 is 0 Å². The standard InChI is InChI=1S/C53H38N2/c1-53(2)47-25-12-11-23-46(47)51-42(24-14-26-48(51)53)37-29-27-36(28-30-37)41-31-32-45(44-22-10-9-21-43(41)44)50-34-49(54-52(55-50)38-17-7-4-8-18-38)40-20-13-19-39(33-40)35-15-5-3-6-16-35/h3-34H,1-2H3. The molecule has 0 atom stereocenters. The molecule has 10 rings (SSSR count). The van der Waals surface area contributed by atoms with Crippen LogP contribution in [0.4, 0.5) is 0 Å². The van der Waals surface area contributed by atoms with Crippen molar-refractivity contribution >= 4 is 10.8 Å². The minimum Gasteiger partial charge on any atom is -0.228 e. The van der Waals surface area contributed by atoms with Crippen molar-refractivity contribution in [1.82, 2.24) is 9.97 Å². The van der Waals surface area contributed by atoms with E-state index in [2.05, 4.69) is 190 Å². The molecule has 0 amide bonds. The van der Waals surface area contributed by atoms with Crippen molar-refractivity contribution in [3.8, 4) is 78.4 Å². The zero-order chi connectivity index (χ0) is 36.9.